The summed E-state index contributed by atoms with van der Waals surface area (Å²) in [6.07, 6.45) is 1.93. The number of carbonyl (C=O) groups is 2. The number of carboxylic acids is 1. The second-order valence-electron chi connectivity index (χ2n) is 7.12. The van der Waals surface area contributed by atoms with Gasteiger partial charge in [-0.25, -0.2) is 9.59 Å². The predicted octanol–water partition coefficient (Wildman–Crippen LogP) is 4.90. The molecule has 3 rings (SSSR count). The van der Waals surface area contributed by atoms with Crippen molar-refractivity contribution in [2.75, 3.05) is 18.1 Å². The van der Waals surface area contributed by atoms with Gasteiger partial charge in [-0.05, 0) is 46.6 Å². The zero-order valence-corrected chi connectivity index (χ0v) is 17.4. The van der Waals surface area contributed by atoms with Gasteiger partial charge >= 0.3 is 12.1 Å². The predicted molar refractivity (Wildman–Crippen MR) is 116 cm³/mol. The first-order valence-corrected chi connectivity index (χ1v) is 11.2. The molecule has 1 aliphatic carbocycles. The molecule has 29 heavy (non-hydrogen) atoms. The van der Waals surface area contributed by atoms with Crippen LogP contribution >= 0.6 is 11.8 Å². The number of hydrogen-bond acceptors (Lipinski definition) is 4. The number of aliphatic carboxylic acids is 1. The van der Waals surface area contributed by atoms with Gasteiger partial charge in [0, 0.05) is 5.92 Å². The molecule has 2 aromatic rings. The second-order valence-corrected chi connectivity index (χ2v) is 8.34. The van der Waals surface area contributed by atoms with E-state index >= 15 is 0 Å². The number of amides is 1. The van der Waals surface area contributed by atoms with E-state index in [-0.39, 0.29) is 12.5 Å². The number of ether oxygens (including phenoxy) is 1. The molecule has 0 unspecified atom stereocenters. The molecule has 1 amide bonds. The molecule has 6 heteroatoms. The maximum atomic E-state index is 12.3. The highest BCUT2D eigenvalue weighted by atomic mass is 32.2. The van der Waals surface area contributed by atoms with Crippen molar-refractivity contribution in [2.45, 2.75) is 38.1 Å². The fourth-order valence-corrected chi connectivity index (χ4v) is 4.69. The van der Waals surface area contributed by atoms with Crippen molar-refractivity contribution >= 4 is 23.8 Å². The second kappa shape index (κ2) is 10.3. The maximum Gasteiger partial charge on any atom is 0.407 e. The molecule has 1 atom stereocenters. The smallest absolute Gasteiger partial charge is 0.407 e. The summed E-state index contributed by atoms with van der Waals surface area (Å²) in [5.74, 6) is 0.629. The molecule has 0 spiro atoms. The minimum absolute atomic E-state index is 0.0407. The van der Waals surface area contributed by atoms with Crippen LogP contribution in [-0.2, 0) is 9.53 Å². The molecule has 0 radical (unpaired) electrons. The van der Waals surface area contributed by atoms with Crippen LogP contribution in [0.5, 0.6) is 0 Å². The quantitative estimate of drug-likeness (QED) is 0.542. The Morgan fingerprint density at radius 1 is 1.07 bits per heavy atom. The first-order valence-electron chi connectivity index (χ1n) is 10.0. The lowest BCUT2D eigenvalue weighted by Crippen LogP contribution is -2.41. The molecule has 0 aliphatic heterocycles. The third-order valence-corrected chi connectivity index (χ3v) is 6.23. The fourth-order valence-electron chi connectivity index (χ4n) is 3.59. The lowest BCUT2D eigenvalue weighted by Gasteiger charge is -2.17. The van der Waals surface area contributed by atoms with Crippen molar-refractivity contribution < 1.29 is 19.4 Å². The van der Waals surface area contributed by atoms with Crippen LogP contribution in [0, 0.1) is 0 Å². The monoisotopic (exact) mass is 413 g/mol. The summed E-state index contributed by atoms with van der Waals surface area (Å²) >= 11 is 1.71. The zero-order valence-electron chi connectivity index (χ0n) is 16.6. The van der Waals surface area contributed by atoms with Crippen LogP contribution < -0.4 is 5.32 Å². The van der Waals surface area contributed by atoms with Gasteiger partial charge in [-0.3, -0.25) is 0 Å². The van der Waals surface area contributed by atoms with E-state index in [1.165, 1.54) is 0 Å². The molecule has 0 aromatic heterocycles. The number of carbonyl (C=O) groups excluding carboxylic acids is 1. The summed E-state index contributed by atoms with van der Waals surface area (Å²) in [5, 5.41) is 11.9. The van der Waals surface area contributed by atoms with E-state index in [4.69, 9.17) is 4.74 Å². The van der Waals surface area contributed by atoms with E-state index in [0.29, 0.717) is 12.2 Å². The lowest BCUT2D eigenvalue weighted by molar-refractivity contribution is -0.139. The van der Waals surface area contributed by atoms with E-state index in [1.807, 2.05) is 24.3 Å². The van der Waals surface area contributed by atoms with Crippen molar-refractivity contribution in [3.63, 3.8) is 0 Å². The highest BCUT2D eigenvalue weighted by molar-refractivity contribution is 7.99. The van der Waals surface area contributed by atoms with E-state index in [9.17, 15) is 14.7 Å². The molecule has 0 saturated carbocycles. The summed E-state index contributed by atoms with van der Waals surface area (Å²) in [7, 11) is 0. The maximum absolute atomic E-state index is 12.3. The average Bonchev–Trinajstić information content (AvgIpc) is 3.05. The summed E-state index contributed by atoms with van der Waals surface area (Å²) in [6, 6.07) is 15.3. The SMILES string of the molecule is CCCCSCC[C@@H](NC(=O)OCC1c2ccccc2-c2ccccc21)C(=O)O. The van der Waals surface area contributed by atoms with Crippen molar-refractivity contribution in [1.82, 2.24) is 5.32 Å². The highest BCUT2D eigenvalue weighted by Gasteiger charge is 2.29. The number of alkyl carbamates (subject to hydrolysis) is 1. The van der Waals surface area contributed by atoms with E-state index in [1.54, 1.807) is 11.8 Å². The summed E-state index contributed by atoms with van der Waals surface area (Å²) < 4.78 is 5.45. The van der Waals surface area contributed by atoms with Crippen LogP contribution in [-0.4, -0.2) is 41.3 Å². The minimum Gasteiger partial charge on any atom is -0.480 e. The highest BCUT2D eigenvalue weighted by Crippen LogP contribution is 2.44. The Morgan fingerprint density at radius 3 is 2.28 bits per heavy atom. The molecule has 5 nitrogen and oxygen atoms in total. The van der Waals surface area contributed by atoms with Gasteiger partial charge in [-0.1, -0.05) is 61.9 Å². The van der Waals surface area contributed by atoms with Crippen molar-refractivity contribution in [3.05, 3.63) is 59.7 Å². The van der Waals surface area contributed by atoms with Crippen LogP contribution in [0.1, 0.15) is 43.2 Å². The molecule has 0 saturated heterocycles. The van der Waals surface area contributed by atoms with E-state index in [0.717, 1.165) is 40.8 Å². The van der Waals surface area contributed by atoms with Gasteiger partial charge in [-0.15, -0.1) is 0 Å². The number of unbranched alkanes of at least 4 members (excludes halogenated alkanes) is 1. The Balaban J connectivity index is 1.56. The Kier molecular flexibility index (Phi) is 7.58. The molecule has 0 heterocycles. The molecule has 0 fully saturated rings. The van der Waals surface area contributed by atoms with Crippen molar-refractivity contribution in [1.29, 1.82) is 0 Å². The minimum atomic E-state index is -1.03. The number of rotatable bonds is 10. The Hall–Kier alpha value is -2.47. The van der Waals surface area contributed by atoms with E-state index < -0.39 is 18.1 Å². The third-order valence-electron chi connectivity index (χ3n) is 5.13. The number of nitrogens with one attached hydrogen (secondary N) is 1. The summed E-state index contributed by atoms with van der Waals surface area (Å²) in [5.41, 5.74) is 4.57. The number of carboxylic acid groups (broad SMARTS) is 1. The van der Waals surface area contributed by atoms with E-state index in [2.05, 4.69) is 36.5 Å². The largest absolute Gasteiger partial charge is 0.480 e. The molecule has 154 valence electrons. The molecular formula is C23H27NO4S. The number of fused-ring (bicyclic) bond motifs is 3. The summed E-state index contributed by atoms with van der Waals surface area (Å²) in [4.78, 5) is 23.7. The van der Waals surface area contributed by atoms with Gasteiger partial charge in [-0.2, -0.15) is 11.8 Å². The van der Waals surface area contributed by atoms with Gasteiger partial charge in [0.2, 0.25) is 0 Å². The third kappa shape index (κ3) is 5.32. The van der Waals surface area contributed by atoms with Gasteiger partial charge < -0.3 is 15.2 Å². The van der Waals surface area contributed by atoms with Gasteiger partial charge in [0.05, 0.1) is 0 Å². The topological polar surface area (TPSA) is 75.6 Å². The van der Waals surface area contributed by atoms with Gasteiger partial charge in [0.1, 0.15) is 12.6 Å². The molecular weight excluding hydrogens is 386 g/mol. The normalized spacial score (nSPS) is 13.4. The first kappa shape index (κ1) is 21.2. The van der Waals surface area contributed by atoms with Gasteiger partial charge in [0.15, 0.2) is 0 Å². The van der Waals surface area contributed by atoms with Crippen molar-refractivity contribution in [3.8, 4) is 11.1 Å². The number of thioether (sulfide) groups is 1. The summed E-state index contributed by atoms with van der Waals surface area (Å²) in [6.45, 7) is 2.30. The molecule has 2 aromatic carbocycles. The van der Waals surface area contributed by atoms with Crippen LogP contribution in [0.2, 0.25) is 0 Å². The number of hydrogen-bond donors (Lipinski definition) is 2. The zero-order chi connectivity index (χ0) is 20.6. The van der Waals surface area contributed by atoms with Crippen LogP contribution in [0.25, 0.3) is 11.1 Å². The first-order chi connectivity index (χ1) is 14.1. The lowest BCUT2D eigenvalue weighted by atomic mass is 9.98. The molecule has 0 bridgehead atoms. The van der Waals surface area contributed by atoms with Crippen LogP contribution in [0.15, 0.2) is 48.5 Å². The Bertz CT molecular complexity index is 809. The van der Waals surface area contributed by atoms with Crippen LogP contribution in [0.4, 0.5) is 4.79 Å². The van der Waals surface area contributed by atoms with Crippen molar-refractivity contribution in [2.24, 2.45) is 0 Å². The van der Waals surface area contributed by atoms with Gasteiger partial charge in [0.25, 0.3) is 0 Å². The van der Waals surface area contributed by atoms with Crippen LogP contribution in [0.3, 0.4) is 0 Å². The molecule has 1 aliphatic rings. The standard InChI is InChI=1S/C23H27NO4S/c1-2-3-13-29-14-12-21(22(25)26)24-23(27)28-15-20-18-10-6-4-8-16(18)17-9-5-7-11-19(17)20/h4-11,20-21H,2-3,12-15H2,1H3,(H,24,27)(H,25,26)/t21-/m1/s1. The number of benzene rings is 2. The fraction of sp³-hybridized carbons (Fsp3) is 0.391. The Morgan fingerprint density at radius 2 is 1.69 bits per heavy atom. The average molecular weight is 414 g/mol. The Labute approximate surface area is 175 Å². The molecule has 2 N–H and O–H groups in total.